The van der Waals surface area contributed by atoms with Crippen molar-refractivity contribution in [2.45, 2.75) is 50.7 Å². The molecule has 0 radical (unpaired) electrons. The Labute approximate surface area is 274 Å². The molecule has 0 unspecified atom stereocenters. The van der Waals surface area contributed by atoms with Crippen molar-refractivity contribution >= 4 is 43.5 Å². The minimum atomic E-state index is -4.17. The van der Waals surface area contributed by atoms with Crippen molar-refractivity contribution in [1.82, 2.24) is 10.2 Å². The SMILES string of the molecule is CCOc1ccc(N(CC(=O)N(Cc2ccc(Br)cc2)[C@H](Cc2ccccc2)C(=O)NC(C)C)S(=O)(=O)c2ccccc2)cc1. The number of anilines is 1. The lowest BCUT2D eigenvalue weighted by Gasteiger charge is -2.34. The highest BCUT2D eigenvalue weighted by Crippen LogP contribution is 2.27. The molecule has 0 aliphatic heterocycles. The molecule has 1 atom stereocenters. The van der Waals surface area contributed by atoms with E-state index in [9.17, 15) is 18.0 Å². The van der Waals surface area contributed by atoms with Crippen LogP contribution in [0.15, 0.2) is 119 Å². The third-order valence-corrected chi connectivity index (χ3v) is 9.33. The molecule has 0 aromatic heterocycles. The second-order valence-corrected chi connectivity index (χ2v) is 13.5. The number of carbonyl (C=O) groups is 2. The average molecular weight is 693 g/mol. The van der Waals surface area contributed by atoms with E-state index in [1.807, 2.05) is 75.4 Å². The first-order valence-corrected chi connectivity index (χ1v) is 17.0. The first-order chi connectivity index (χ1) is 21.6. The molecule has 0 heterocycles. The molecule has 45 heavy (non-hydrogen) atoms. The van der Waals surface area contributed by atoms with Gasteiger partial charge in [0.15, 0.2) is 0 Å². The van der Waals surface area contributed by atoms with Crippen LogP contribution in [0, 0.1) is 0 Å². The van der Waals surface area contributed by atoms with Gasteiger partial charge in [0.2, 0.25) is 11.8 Å². The number of nitrogens with one attached hydrogen (secondary N) is 1. The highest BCUT2D eigenvalue weighted by molar-refractivity contribution is 9.10. The monoisotopic (exact) mass is 691 g/mol. The van der Waals surface area contributed by atoms with Gasteiger partial charge < -0.3 is 15.0 Å². The van der Waals surface area contributed by atoms with Gasteiger partial charge >= 0.3 is 0 Å². The number of rotatable bonds is 14. The van der Waals surface area contributed by atoms with Crippen LogP contribution < -0.4 is 14.4 Å². The first kappa shape index (κ1) is 33.7. The molecular weight excluding hydrogens is 654 g/mol. The van der Waals surface area contributed by atoms with Crippen molar-refractivity contribution in [1.29, 1.82) is 0 Å². The molecule has 0 aliphatic carbocycles. The van der Waals surface area contributed by atoms with E-state index in [-0.39, 0.29) is 29.8 Å². The van der Waals surface area contributed by atoms with Crippen LogP contribution in [0.1, 0.15) is 31.9 Å². The van der Waals surface area contributed by atoms with E-state index in [0.717, 1.165) is 19.9 Å². The topological polar surface area (TPSA) is 96.0 Å². The van der Waals surface area contributed by atoms with Crippen LogP contribution in [-0.2, 0) is 32.6 Å². The third kappa shape index (κ3) is 9.18. The van der Waals surface area contributed by atoms with Crippen molar-refractivity contribution in [3.63, 3.8) is 0 Å². The summed E-state index contributed by atoms with van der Waals surface area (Å²) in [6.45, 7) is 5.60. The number of ether oxygens (including phenoxy) is 1. The van der Waals surface area contributed by atoms with Crippen molar-refractivity contribution in [3.8, 4) is 5.75 Å². The molecule has 0 bridgehead atoms. The zero-order valence-corrected chi connectivity index (χ0v) is 28.0. The number of amides is 2. The zero-order chi connectivity index (χ0) is 32.4. The van der Waals surface area contributed by atoms with Crippen LogP contribution in [0.2, 0.25) is 0 Å². The summed E-state index contributed by atoms with van der Waals surface area (Å²) in [7, 11) is -4.17. The van der Waals surface area contributed by atoms with Crippen LogP contribution in [0.4, 0.5) is 5.69 Å². The van der Waals surface area contributed by atoms with Gasteiger partial charge in [-0.3, -0.25) is 13.9 Å². The molecule has 4 aromatic rings. The molecule has 0 fully saturated rings. The van der Waals surface area contributed by atoms with Gasteiger partial charge in [0.1, 0.15) is 18.3 Å². The predicted octanol–water partition coefficient (Wildman–Crippen LogP) is 6.21. The quantitative estimate of drug-likeness (QED) is 0.170. The maximum Gasteiger partial charge on any atom is 0.264 e. The van der Waals surface area contributed by atoms with Gasteiger partial charge in [-0.25, -0.2) is 8.42 Å². The lowest BCUT2D eigenvalue weighted by molar-refractivity contribution is -0.140. The molecule has 0 aliphatic rings. The van der Waals surface area contributed by atoms with Crippen LogP contribution in [0.25, 0.3) is 0 Å². The van der Waals surface area contributed by atoms with Gasteiger partial charge in [-0.05, 0) is 80.4 Å². The number of hydrogen-bond acceptors (Lipinski definition) is 5. The fraction of sp³-hybridized carbons (Fsp3) is 0.257. The molecule has 10 heteroatoms. The second-order valence-electron chi connectivity index (χ2n) is 10.8. The fourth-order valence-corrected chi connectivity index (χ4v) is 6.54. The maximum atomic E-state index is 14.5. The van der Waals surface area contributed by atoms with Gasteiger partial charge in [-0.1, -0.05) is 76.6 Å². The smallest absolute Gasteiger partial charge is 0.264 e. The lowest BCUT2D eigenvalue weighted by atomic mass is 10.0. The average Bonchev–Trinajstić information content (AvgIpc) is 3.03. The molecule has 1 N–H and O–H groups in total. The summed E-state index contributed by atoms with van der Waals surface area (Å²) in [4.78, 5) is 29.8. The molecule has 4 aromatic carbocycles. The zero-order valence-electron chi connectivity index (χ0n) is 25.6. The van der Waals surface area contributed by atoms with E-state index in [1.165, 1.54) is 17.0 Å². The molecular formula is C35H38BrN3O5S. The Morgan fingerprint density at radius 3 is 2.00 bits per heavy atom. The largest absolute Gasteiger partial charge is 0.494 e. The fourth-order valence-electron chi connectivity index (χ4n) is 4.84. The van der Waals surface area contributed by atoms with Crippen LogP contribution in [0.5, 0.6) is 5.75 Å². The van der Waals surface area contributed by atoms with Crippen molar-refractivity contribution < 1.29 is 22.7 Å². The lowest BCUT2D eigenvalue weighted by Crippen LogP contribution is -2.54. The molecule has 236 valence electrons. The molecule has 0 saturated heterocycles. The Balaban J connectivity index is 1.79. The number of hydrogen-bond donors (Lipinski definition) is 1. The first-order valence-electron chi connectivity index (χ1n) is 14.8. The van der Waals surface area contributed by atoms with E-state index in [1.54, 1.807) is 42.5 Å². The van der Waals surface area contributed by atoms with E-state index >= 15 is 0 Å². The van der Waals surface area contributed by atoms with E-state index in [0.29, 0.717) is 18.0 Å². The van der Waals surface area contributed by atoms with Crippen LogP contribution in [0.3, 0.4) is 0 Å². The standard InChI is InChI=1S/C35H38BrN3O5S/c1-4-44-31-21-19-30(20-22-31)39(45(42,43)32-13-9-6-10-14-32)25-34(40)38(24-28-15-17-29(36)18-16-28)33(35(41)37-26(2)3)23-27-11-7-5-8-12-27/h5-22,26,33H,4,23-25H2,1-3H3,(H,37,41)/t33-/m1/s1. The Morgan fingerprint density at radius 1 is 0.822 bits per heavy atom. The minimum Gasteiger partial charge on any atom is -0.494 e. The normalized spacial score (nSPS) is 11.9. The highest BCUT2D eigenvalue weighted by Gasteiger charge is 2.34. The van der Waals surface area contributed by atoms with E-state index in [2.05, 4.69) is 21.2 Å². The number of benzene rings is 4. The van der Waals surface area contributed by atoms with Gasteiger partial charge in [-0.15, -0.1) is 0 Å². The number of carbonyl (C=O) groups excluding carboxylic acids is 2. The summed E-state index contributed by atoms with van der Waals surface area (Å²) in [5, 5.41) is 2.97. The van der Waals surface area contributed by atoms with Crippen LogP contribution >= 0.6 is 15.9 Å². The van der Waals surface area contributed by atoms with E-state index < -0.39 is 28.5 Å². The van der Waals surface area contributed by atoms with Crippen molar-refractivity contribution in [3.05, 3.63) is 125 Å². The summed E-state index contributed by atoms with van der Waals surface area (Å²) in [6, 6.07) is 30.4. The summed E-state index contributed by atoms with van der Waals surface area (Å²) < 4.78 is 35.7. The van der Waals surface area contributed by atoms with Gasteiger partial charge in [0.25, 0.3) is 10.0 Å². The van der Waals surface area contributed by atoms with Gasteiger partial charge in [0.05, 0.1) is 17.2 Å². The minimum absolute atomic E-state index is 0.0459. The second kappa shape index (κ2) is 15.7. The van der Waals surface area contributed by atoms with Crippen molar-refractivity contribution in [2.75, 3.05) is 17.5 Å². The Bertz CT molecular complexity index is 1650. The molecule has 0 spiro atoms. The molecule has 8 nitrogen and oxygen atoms in total. The number of nitrogens with zero attached hydrogens (tertiary/aromatic N) is 2. The summed E-state index contributed by atoms with van der Waals surface area (Å²) >= 11 is 3.45. The molecule has 0 saturated carbocycles. The van der Waals surface area contributed by atoms with Gasteiger partial charge in [0, 0.05) is 23.5 Å². The Hall–Kier alpha value is -4.15. The highest BCUT2D eigenvalue weighted by atomic mass is 79.9. The Kier molecular flexibility index (Phi) is 11.8. The molecule has 4 rings (SSSR count). The third-order valence-electron chi connectivity index (χ3n) is 7.01. The number of sulfonamides is 1. The summed E-state index contributed by atoms with van der Waals surface area (Å²) in [6.07, 6.45) is 0.246. The predicted molar refractivity (Wildman–Crippen MR) is 180 cm³/mol. The van der Waals surface area contributed by atoms with Crippen LogP contribution in [-0.4, -0.2) is 50.4 Å². The van der Waals surface area contributed by atoms with Crippen molar-refractivity contribution in [2.24, 2.45) is 0 Å². The van der Waals surface area contributed by atoms with Gasteiger partial charge in [-0.2, -0.15) is 0 Å². The number of halogens is 1. The summed E-state index contributed by atoms with van der Waals surface area (Å²) in [5.74, 6) is -0.265. The summed E-state index contributed by atoms with van der Waals surface area (Å²) in [5.41, 5.74) is 1.96. The maximum absolute atomic E-state index is 14.5. The van der Waals surface area contributed by atoms with E-state index in [4.69, 9.17) is 4.74 Å². The Morgan fingerprint density at radius 2 is 1.42 bits per heavy atom. The molecule has 2 amide bonds.